The number of carbonyl (C=O) groups is 2. The minimum Gasteiger partial charge on any atom is -0.426 e. The number of carbonyl (C=O) groups excluding carboxylic acids is 2. The molecular weight excluding hydrogens is 573 g/mol. The Morgan fingerprint density at radius 2 is 0.907 bits per heavy atom. The summed E-state index contributed by atoms with van der Waals surface area (Å²) in [6.45, 7) is 0. The second-order valence-corrected chi connectivity index (χ2v) is 11.2. The third-order valence-electron chi connectivity index (χ3n) is 8.16. The summed E-state index contributed by atoms with van der Waals surface area (Å²) < 4.78 is 10.8. The fraction of sp³-hybridized carbons (Fsp3) is 0.0811. The van der Waals surface area contributed by atoms with E-state index in [9.17, 15) is 9.59 Å². The summed E-state index contributed by atoms with van der Waals surface area (Å²) in [5.74, 6) is 0.263. The van der Waals surface area contributed by atoms with Crippen LogP contribution in [0.1, 0.15) is 22.3 Å². The van der Waals surface area contributed by atoms with Gasteiger partial charge in [0.2, 0.25) is 0 Å². The number of thiol groups is 2. The van der Waals surface area contributed by atoms with Crippen molar-refractivity contribution < 1.29 is 19.1 Å². The smallest absolute Gasteiger partial charge is 0.321 e. The highest BCUT2D eigenvalue weighted by Gasteiger charge is 2.46. The zero-order chi connectivity index (χ0) is 29.6. The lowest BCUT2D eigenvalue weighted by atomic mass is 9.67. The highest BCUT2D eigenvalue weighted by molar-refractivity contribution is 7.81. The van der Waals surface area contributed by atoms with Gasteiger partial charge in [0.1, 0.15) is 11.5 Å². The average molecular weight is 599 g/mol. The van der Waals surface area contributed by atoms with E-state index in [4.69, 9.17) is 9.47 Å². The van der Waals surface area contributed by atoms with Gasteiger partial charge in [0.25, 0.3) is 0 Å². The Kier molecular flexibility index (Phi) is 6.96. The van der Waals surface area contributed by atoms with Crippen LogP contribution in [0.5, 0.6) is 11.5 Å². The normalized spacial score (nSPS) is 13.0. The Morgan fingerprint density at radius 3 is 1.35 bits per heavy atom. The highest BCUT2D eigenvalue weighted by Crippen LogP contribution is 2.56. The van der Waals surface area contributed by atoms with E-state index in [1.54, 1.807) is 0 Å². The molecule has 0 amide bonds. The first kappa shape index (κ1) is 27.3. The molecule has 0 saturated heterocycles. The van der Waals surface area contributed by atoms with Gasteiger partial charge < -0.3 is 9.47 Å². The van der Waals surface area contributed by atoms with Crippen molar-refractivity contribution in [1.82, 2.24) is 0 Å². The topological polar surface area (TPSA) is 52.6 Å². The van der Waals surface area contributed by atoms with Gasteiger partial charge in [-0.2, -0.15) is 25.3 Å². The van der Waals surface area contributed by atoms with E-state index in [2.05, 4.69) is 110 Å². The van der Waals surface area contributed by atoms with Gasteiger partial charge in [-0.25, -0.2) is 0 Å². The van der Waals surface area contributed by atoms with Crippen molar-refractivity contribution in [3.63, 3.8) is 0 Å². The zero-order valence-corrected chi connectivity index (χ0v) is 24.8. The van der Waals surface area contributed by atoms with Gasteiger partial charge >= 0.3 is 11.9 Å². The molecule has 0 bridgehead atoms. The van der Waals surface area contributed by atoms with E-state index < -0.39 is 5.41 Å². The monoisotopic (exact) mass is 598 g/mol. The predicted molar refractivity (Wildman–Crippen MR) is 178 cm³/mol. The summed E-state index contributed by atoms with van der Waals surface area (Å²) in [5.41, 5.74) is 6.54. The van der Waals surface area contributed by atoms with E-state index in [0.29, 0.717) is 11.5 Å². The number of ether oxygens (including phenoxy) is 2. The van der Waals surface area contributed by atoms with Crippen molar-refractivity contribution in [2.45, 2.75) is 5.41 Å². The van der Waals surface area contributed by atoms with Gasteiger partial charge in [-0.3, -0.25) is 9.59 Å². The van der Waals surface area contributed by atoms with Gasteiger partial charge in [0.15, 0.2) is 0 Å². The summed E-state index contributed by atoms with van der Waals surface area (Å²) in [7, 11) is 0. The van der Waals surface area contributed by atoms with Crippen molar-refractivity contribution in [2.24, 2.45) is 0 Å². The lowest BCUT2D eigenvalue weighted by Crippen LogP contribution is -2.28. The van der Waals surface area contributed by atoms with Crippen molar-refractivity contribution in [3.05, 3.63) is 144 Å². The number of hydrogen-bond acceptors (Lipinski definition) is 6. The van der Waals surface area contributed by atoms with Crippen LogP contribution in [0.4, 0.5) is 0 Å². The number of benzene rings is 6. The molecule has 6 aromatic rings. The van der Waals surface area contributed by atoms with Gasteiger partial charge in [-0.05, 0) is 91.3 Å². The molecule has 0 atom stereocenters. The SMILES string of the molecule is O=C(CS)Oc1ccc2cc(C3(c4ccc5cc(OC(=O)CS)ccc5c4)c4ccccc4-c4ccccc43)ccc2c1. The van der Waals surface area contributed by atoms with Crippen molar-refractivity contribution >= 4 is 58.7 Å². The van der Waals surface area contributed by atoms with E-state index in [1.807, 2.05) is 36.4 Å². The van der Waals surface area contributed by atoms with E-state index in [1.165, 1.54) is 22.3 Å². The molecule has 0 N–H and O–H groups in total. The number of fused-ring (bicyclic) bond motifs is 5. The minimum atomic E-state index is -0.579. The number of rotatable bonds is 6. The third kappa shape index (κ3) is 4.58. The molecule has 1 aliphatic rings. The van der Waals surface area contributed by atoms with Gasteiger partial charge in [0.05, 0.1) is 16.9 Å². The van der Waals surface area contributed by atoms with Crippen LogP contribution < -0.4 is 9.47 Å². The molecule has 0 heterocycles. The Labute approximate surface area is 260 Å². The zero-order valence-electron chi connectivity index (χ0n) is 23.0. The van der Waals surface area contributed by atoms with Gasteiger partial charge in [-0.15, -0.1) is 0 Å². The fourth-order valence-corrected chi connectivity index (χ4v) is 6.52. The van der Waals surface area contributed by atoms with Crippen LogP contribution in [0.3, 0.4) is 0 Å². The van der Waals surface area contributed by atoms with Crippen LogP contribution >= 0.6 is 25.3 Å². The first-order chi connectivity index (χ1) is 21.0. The van der Waals surface area contributed by atoms with Crippen LogP contribution in [0.15, 0.2) is 121 Å². The van der Waals surface area contributed by atoms with Crippen molar-refractivity contribution in [2.75, 3.05) is 11.5 Å². The van der Waals surface area contributed by atoms with Gasteiger partial charge in [0, 0.05) is 0 Å². The molecule has 6 heteroatoms. The largest absolute Gasteiger partial charge is 0.426 e. The standard InChI is InChI=1S/C37H26O4S2/c38-35(21-42)40-29-15-11-23-17-27(13-9-25(23)19-29)37(33-7-3-1-5-31(33)32-6-2-4-8-34(32)37)28-14-10-26-20-30(41-36(39)22-43)16-12-24(26)18-28/h1-20,42-43H,21-22H2. The molecule has 0 aromatic heterocycles. The summed E-state index contributed by atoms with van der Waals surface area (Å²) in [6, 6.07) is 41.7. The van der Waals surface area contributed by atoms with Crippen LogP contribution in [0.25, 0.3) is 32.7 Å². The van der Waals surface area contributed by atoms with E-state index >= 15 is 0 Å². The summed E-state index contributed by atoms with van der Waals surface area (Å²) in [4.78, 5) is 23.7. The molecule has 0 saturated carbocycles. The lowest BCUT2D eigenvalue weighted by Gasteiger charge is -2.34. The first-order valence-electron chi connectivity index (χ1n) is 13.9. The molecule has 6 aromatic carbocycles. The maximum absolute atomic E-state index is 11.8. The van der Waals surface area contributed by atoms with E-state index in [0.717, 1.165) is 32.7 Å². The summed E-state index contributed by atoms with van der Waals surface area (Å²) in [6.07, 6.45) is 0. The van der Waals surface area contributed by atoms with Crippen molar-refractivity contribution in [1.29, 1.82) is 0 Å². The molecule has 7 rings (SSSR count). The Hall–Kier alpha value is -4.52. The van der Waals surface area contributed by atoms with E-state index in [-0.39, 0.29) is 23.4 Å². The fourth-order valence-electron chi connectivity index (χ4n) is 6.39. The Balaban J connectivity index is 1.45. The second-order valence-electron chi connectivity index (χ2n) is 10.6. The van der Waals surface area contributed by atoms with Crippen LogP contribution in [0, 0.1) is 0 Å². The molecule has 43 heavy (non-hydrogen) atoms. The average Bonchev–Trinajstić information content (AvgIpc) is 3.35. The number of hydrogen-bond donors (Lipinski definition) is 2. The third-order valence-corrected chi connectivity index (χ3v) is 8.68. The molecule has 210 valence electrons. The second kappa shape index (κ2) is 11.0. The molecular formula is C37H26O4S2. The molecule has 0 unspecified atom stereocenters. The summed E-state index contributed by atoms with van der Waals surface area (Å²) >= 11 is 8.04. The number of esters is 2. The molecule has 0 aliphatic heterocycles. The predicted octanol–water partition coefficient (Wildman–Crippen LogP) is 8.03. The van der Waals surface area contributed by atoms with Crippen molar-refractivity contribution in [3.8, 4) is 22.6 Å². The Morgan fingerprint density at radius 1 is 0.512 bits per heavy atom. The molecule has 0 fully saturated rings. The summed E-state index contributed by atoms with van der Waals surface area (Å²) in [5, 5.41) is 4.04. The van der Waals surface area contributed by atoms with Crippen LogP contribution in [-0.4, -0.2) is 23.4 Å². The quantitative estimate of drug-likeness (QED) is 0.116. The first-order valence-corrected chi connectivity index (χ1v) is 15.2. The highest BCUT2D eigenvalue weighted by atomic mass is 32.1. The Bertz CT molecular complexity index is 1920. The van der Waals surface area contributed by atoms with Crippen LogP contribution in [0.2, 0.25) is 0 Å². The molecule has 1 aliphatic carbocycles. The maximum Gasteiger partial charge on any atom is 0.321 e. The minimum absolute atomic E-state index is 0.0200. The molecule has 0 spiro atoms. The maximum atomic E-state index is 11.8. The lowest BCUT2D eigenvalue weighted by molar-refractivity contribution is -0.132. The molecule has 0 radical (unpaired) electrons. The van der Waals surface area contributed by atoms with Gasteiger partial charge in [-0.1, -0.05) is 84.9 Å². The molecule has 4 nitrogen and oxygen atoms in total. The van der Waals surface area contributed by atoms with Crippen LogP contribution in [-0.2, 0) is 15.0 Å².